The quantitative estimate of drug-likeness (QED) is 0.867. The van der Waals surface area contributed by atoms with Crippen molar-refractivity contribution < 1.29 is 14.6 Å². The lowest BCUT2D eigenvalue weighted by Gasteiger charge is -2.41. The van der Waals surface area contributed by atoms with Gasteiger partial charge in [0.25, 0.3) is 0 Å². The number of methoxy groups -OCH3 is 1. The number of ether oxygens (including phenoxy) is 2. The van der Waals surface area contributed by atoms with Crippen molar-refractivity contribution in [1.82, 2.24) is 0 Å². The molecule has 1 aromatic rings. The van der Waals surface area contributed by atoms with Gasteiger partial charge in [0, 0.05) is 13.0 Å². The van der Waals surface area contributed by atoms with E-state index in [1.807, 2.05) is 31.2 Å². The molecule has 1 fully saturated rings. The van der Waals surface area contributed by atoms with E-state index in [9.17, 15) is 5.11 Å². The highest BCUT2D eigenvalue weighted by Crippen LogP contribution is 2.36. The van der Waals surface area contributed by atoms with Crippen LogP contribution < -0.4 is 4.74 Å². The molecule has 1 atom stereocenters. The van der Waals surface area contributed by atoms with Crippen LogP contribution in [0.15, 0.2) is 24.3 Å². The topological polar surface area (TPSA) is 38.7 Å². The predicted molar refractivity (Wildman–Crippen MR) is 80.1 cm³/mol. The first-order valence-electron chi connectivity index (χ1n) is 7.65. The number of hydrogen-bond acceptors (Lipinski definition) is 3. The summed E-state index contributed by atoms with van der Waals surface area (Å²) in [4.78, 5) is 0. The van der Waals surface area contributed by atoms with E-state index in [1.54, 1.807) is 7.11 Å². The van der Waals surface area contributed by atoms with Crippen molar-refractivity contribution >= 4 is 0 Å². The van der Waals surface area contributed by atoms with Gasteiger partial charge in [-0.3, -0.25) is 0 Å². The Bertz CT molecular complexity index is 405. The molecular weight excluding hydrogens is 252 g/mol. The Morgan fingerprint density at radius 2 is 2.00 bits per heavy atom. The summed E-state index contributed by atoms with van der Waals surface area (Å²) < 4.78 is 11.2. The van der Waals surface area contributed by atoms with Crippen molar-refractivity contribution in [2.45, 2.75) is 57.2 Å². The van der Waals surface area contributed by atoms with E-state index < -0.39 is 6.10 Å². The first-order chi connectivity index (χ1) is 9.70. The van der Waals surface area contributed by atoms with Gasteiger partial charge in [-0.1, -0.05) is 31.4 Å². The van der Waals surface area contributed by atoms with E-state index >= 15 is 0 Å². The molecule has 0 aliphatic heterocycles. The van der Waals surface area contributed by atoms with Crippen LogP contribution in [0.5, 0.6) is 5.75 Å². The summed E-state index contributed by atoms with van der Waals surface area (Å²) in [5, 5.41) is 10.7. The Labute approximate surface area is 121 Å². The Kier molecular flexibility index (Phi) is 5.44. The molecule has 1 aliphatic carbocycles. The Morgan fingerprint density at radius 3 is 2.65 bits per heavy atom. The molecule has 0 radical (unpaired) electrons. The maximum Gasteiger partial charge on any atom is 0.119 e. The van der Waals surface area contributed by atoms with Crippen LogP contribution in [-0.2, 0) is 11.2 Å². The Balaban J connectivity index is 2.09. The minimum absolute atomic E-state index is 0.351. The van der Waals surface area contributed by atoms with Gasteiger partial charge >= 0.3 is 0 Å². The third-order valence-corrected chi connectivity index (χ3v) is 4.30. The monoisotopic (exact) mass is 278 g/mol. The Morgan fingerprint density at radius 1 is 1.25 bits per heavy atom. The lowest BCUT2D eigenvalue weighted by molar-refractivity contribution is -0.138. The summed E-state index contributed by atoms with van der Waals surface area (Å²) in [5.74, 6) is 0.837. The third kappa shape index (κ3) is 3.53. The number of benzene rings is 1. The molecule has 1 aromatic carbocycles. The van der Waals surface area contributed by atoms with Gasteiger partial charge < -0.3 is 14.6 Å². The van der Waals surface area contributed by atoms with E-state index in [0.29, 0.717) is 13.0 Å². The molecule has 1 saturated carbocycles. The fourth-order valence-corrected chi connectivity index (χ4v) is 3.22. The molecule has 0 saturated heterocycles. The maximum absolute atomic E-state index is 10.7. The molecule has 3 heteroatoms. The van der Waals surface area contributed by atoms with Gasteiger partial charge in [0.1, 0.15) is 5.75 Å². The zero-order valence-corrected chi connectivity index (χ0v) is 12.6. The predicted octanol–water partition coefficient (Wildman–Crippen LogP) is 3.34. The van der Waals surface area contributed by atoms with Crippen molar-refractivity contribution in [3.05, 3.63) is 29.8 Å². The molecule has 0 spiro atoms. The highest BCUT2D eigenvalue weighted by Gasteiger charge is 2.39. The van der Waals surface area contributed by atoms with E-state index in [1.165, 1.54) is 6.42 Å². The number of aliphatic hydroxyl groups is 1. The zero-order valence-electron chi connectivity index (χ0n) is 12.6. The Hall–Kier alpha value is -1.06. The second-order valence-corrected chi connectivity index (χ2v) is 5.63. The van der Waals surface area contributed by atoms with E-state index in [2.05, 4.69) is 0 Å². The molecular formula is C17H26O3. The molecule has 0 amide bonds. The molecule has 20 heavy (non-hydrogen) atoms. The van der Waals surface area contributed by atoms with Crippen LogP contribution in [0.2, 0.25) is 0 Å². The van der Waals surface area contributed by atoms with Crippen molar-refractivity contribution in [3.63, 3.8) is 0 Å². The highest BCUT2D eigenvalue weighted by atomic mass is 16.5. The van der Waals surface area contributed by atoms with Gasteiger partial charge in [-0.15, -0.1) is 0 Å². The fourth-order valence-electron chi connectivity index (χ4n) is 3.22. The second-order valence-electron chi connectivity index (χ2n) is 5.63. The van der Waals surface area contributed by atoms with Crippen LogP contribution >= 0.6 is 0 Å². The summed E-state index contributed by atoms with van der Waals surface area (Å²) in [5.41, 5.74) is 0.747. The molecule has 2 rings (SSSR count). The fraction of sp³-hybridized carbons (Fsp3) is 0.647. The van der Waals surface area contributed by atoms with Crippen molar-refractivity contribution in [2.75, 3.05) is 13.7 Å². The first-order valence-corrected chi connectivity index (χ1v) is 7.65. The smallest absolute Gasteiger partial charge is 0.119 e. The van der Waals surface area contributed by atoms with Gasteiger partial charge in [0.05, 0.1) is 18.8 Å². The largest absolute Gasteiger partial charge is 0.497 e. The third-order valence-electron chi connectivity index (χ3n) is 4.30. The number of aliphatic hydroxyl groups excluding tert-OH is 1. The lowest BCUT2D eigenvalue weighted by Crippen LogP contribution is -2.47. The van der Waals surface area contributed by atoms with Gasteiger partial charge in [-0.25, -0.2) is 0 Å². The normalized spacial score (nSPS) is 19.6. The van der Waals surface area contributed by atoms with E-state index in [-0.39, 0.29) is 5.60 Å². The van der Waals surface area contributed by atoms with Crippen LogP contribution in [0.1, 0.15) is 44.6 Å². The van der Waals surface area contributed by atoms with Crippen LogP contribution in [-0.4, -0.2) is 30.5 Å². The average Bonchev–Trinajstić information content (AvgIpc) is 2.48. The number of rotatable bonds is 6. The van der Waals surface area contributed by atoms with Crippen LogP contribution in [0.25, 0.3) is 0 Å². The van der Waals surface area contributed by atoms with Crippen LogP contribution in [0, 0.1) is 0 Å². The molecule has 1 N–H and O–H groups in total. The maximum atomic E-state index is 10.7. The molecule has 0 bridgehead atoms. The first kappa shape index (κ1) is 15.3. The van der Waals surface area contributed by atoms with E-state index in [4.69, 9.17) is 9.47 Å². The molecule has 0 aromatic heterocycles. The van der Waals surface area contributed by atoms with Crippen LogP contribution in [0.4, 0.5) is 0 Å². The molecule has 1 unspecified atom stereocenters. The van der Waals surface area contributed by atoms with Gasteiger partial charge in [-0.2, -0.15) is 0 Å². The van der Waals surface area contributed by atoms with Gasteiger partial charge in [0.2, 0.25) is 0 Å². The van der Waals surface area contributed by atoms with Crippen molar-refractivity contribution in [3.8, 4) is 5.75 Å². The average molecular weight is 278 g/mol. The summed E-state index contributed by atoms with van der Waals surface area (Å²) >= 11 is 0. The molecule has 3 nitrogen and oxygen atoms in total. The van der Waals surface area contributed by atoms with Crippen LogP contribution in [0.3, 0.4) is 0 Å². The second kappa shape index (κ2) is 7.09. The van der Waals surface area contributed by atoms with Crippen molar-refractivity contribution in [1.29, 1.82) is 0 Å². The van der Waals surface area contributed by atoms with E-state index in [0.717, 1.165) is 37.0 Å². The summed E-state index contributed by atoms with van der Waals surface area (Å²) in [6.45, 7) is 2.67. The summed E-state index contributed by atoms with van der Waals surface area (Å²) in [6, 6.07) is 7.92. The molecule has 0 heterocycles. The minimum Gasteiger partial charge on any atom is -0.497 e. The SMILES string of the molecule is CCOC1(C(O)Cc2cccc(OC)c2)CCCCC1. The van der Waals surface area contributed by atoms with Gasteiger partial charge in [-0.05, 0) is 37.5 Å². The zero-order chi connectivity index (χ0) is 14.4. The highest BCUT2D eigenvalue weighted by molar-refractivity contribution is 5.29. The molecule has 112 valence electrons. The number of hydrogen-bond donors (Lipinski definition) is 1. The lowest BCUT2D eigenvalue weighted by atomic mass is 9.78. The van der Waals surface area contributed by atoms with Crippen molar-refractivity contribution in [2.24, 2.45) is 0 Å². The van der Waals surface area contributed by atoms with Gasteiger partial charge in [0.15, 0.2) is 0 Å². The summed E-state index contributed by atoms with van der Waals surface area (Å²) in [6.07, 6.45) is 5.65. The standard InChI is InChI=1S/C17H26O3/c1-3-20-17(10-5-4-6-11-17)16(18)13-14-8-7-9-15(12-14)19-2/h7-9,12,16,18H,3-6,10-11,13H2,1-2H3. The molecule has 1 aliphatic rings. The minimum atomic E-state index is -0.449. The summed E-state index contributed by atoms with van der Waals surface area (Å²) in [7, 11) is 1.67.